The number of carbonyl (C=O) groups is 1. The maximum absolute atomic E-state index is 14.0. The van der Waals surface area contributed by atoms with Gasteiger partial charge in [-0.15, -0.1) is 0 Å². The van der Waals surface area contributed by atoms with Crippen LogP contribution in [0.5, 0.6) is 5.75 Å². The van der Waals surface area contributed by atoms with Crippen LogP contribution in [0.3, 0.4) is 0 Å². The third kappa shape index (κ3) is 2.92. The Morgan fingerprint density at radius 2 is 1.13 bits per heavy atom. The Hall–Kier alpha value is -3.89. The van der Waals surface area contributed by atoms with Gasteiger partial charge >= 0.3 is 0 Å². The molecule has 0 saturated carbocycles. The molecule has 0 aliphatic carbocycles. The highest BCUT2D eigenvalue weighted by molar-refractivity contribution is 6.10. The first-order valence-electron chi connectivity index (χ1n) is 10.2. The average molecular weight is 407 g/mol. The van der Waals surface area contributed by atoms with Crippen molar-refractivity contribution in [2.75, 3.05) is 4.90 Å². The van der Waals surface area contributed by atoms with Crippen molar-refractivity contribution in [2.45, 2.75) is 11.6 Å². The molecule has 1 aliphatic heterocycles. The van der Waals surface area contributed by atoms with Gasteiger partial charge in [0.2, 0.25) is 0 Å². The van der Waals surface area contributed by atoms with E-state index in [0.717, 1.165) is 11.1 Å². The Labute approximate surface area is 180 Å². The molecule has 152 valence electrons. The van der Waals surface area contributed by atoms with Gasteiger partial charge in [0.05, 0.1) is 11.7 Å². The van der Waals surface area contributed by atoms with Crippen molar-refractivity contribution >= 4 is 11.6 Å². The molecule has 31 heavy (non-hydrogen) atoms. The Morgan fingerprint density at radius 3 is 1.71 bits per heavy atom. The molecule has 1 atom stereocenters. The number of aliphatic hydroxyl groups is 1. The molecule has 1 amide bonds. The summed E-state index contributed by atoms with van der Waals surface area (Å²) in [5.41, 5.74) is 1.13. The number of benzene rings is 4. The van der Waals surface area contributed by atoms with Gasteiger partial charge in [0.15, 0.2) is 5.60 Å². The Bertz CT molecular complexity index is 1200. The zero-order chi connectivity index (χ0) is 21.4. The molecule has 5 rings (SSSR count). The van der Waals surface area contributed by atoms with Crippen LogP contribution in [0.25, 0.3) is 0 Å². The summed E-state index contributed by atoms with van der Waals surface area (Å²) in [6, 6.07) is 32.8. The summed E-state index contributed by atoms with van der Waals surface area (Å²) >= 11 is 0. The topological polar surface area (TPSA) is 60.8 Å². The number of phenolic OH excluding ortho intramolecular Hbond substituents is 1. The maximum Gasteiger partial charge on any atom is 0.269 e. The maximum atomic E-state index is 14.0. The van der Waals surface area contributed by atoms with Crippen LogP contribution in [0.1, 0.15) is 28.3 Å². The van der Waals surface area contributed by atoms with Crippen LogP contribution >= 0.6 is 0 Å². The van der Waals surface area contributed by atoms with Crippen molar-refractivity contribution in [2.24, 2.45) is 0 Å². The van der Waals surface area contributed by atoms with E-state index >= 15 is 0 Å². The SMILES string of the molecule is O=C1N(C(c2ccccc2)c2ccccc2)c2ccccc2C1(O)c1ccccc1O. The van der Waals surface area contributed by atoms with Crippen molar-refractivity contribution in [1.29, 1.82) is 0 Å². The standard InChI is InChI=1S/C27H21NO3/c29-24-18-10-8-16-22(24)27(31)21-15-7-9-17-23(21)28(26(27)30)25(19-11-3-1-4-12-19)20-13-5-2-6-14-20/h1-18,25,29,31H. The van der Waals surface area contributed by atoms with E-state index in [4.69, 9.17) is 0 Å². The van der Waals surface area contributed by atoms with E-state index in [2.05, 4.69) is 0 Å². The molecule has 0 spiro atoms. The lowest BCUT2D eigenvalue weighted by molar-refractivity contribution is -0.132. The number of para-hydroxylation sites is 2. The Balaban J connectivity index is 1.76. The van der Waals surface area contributed by atoms with Gasteiger partial charge in [-0.05, 0) is 23.3 Å². The van der Waals surface area contributed by atoms with Crippen LogP contribution in [0.15, 0.2) is 109 Å². The van der Waals surface area contributed by atoms with E-state index in [9.17, 15) is 15.0 Å². The molecule has 0 radical (unpaired) electrons. The monoisotopic (exact) mass is 407 g/mol. The summed E-state index contributed by atoms with van der Waals surface area (Å²) < 4.78 is 0. The fourth-order valence-corrected chi connectivity index (χ4v) is 4.45. The van der Waals surface area contributed by atoms with E-state index in [1.54, 1.807) is 35.2 Å². The first-order chi connectivity index (χ1) is 15.1. The summed E-state index contributed by atoms with van der Waals surface area (Å²) in [7, 11) is 0. The van der Waals surface area contributed by atoms with Crippen molar-refractivity contribution in [1.82, 2.24) is 0 Å². The second kappa shape index (κ2) is 7.42. The normalized spacial score (nSPS) is 17.7. The van der Waals surface area contributed by atoms with Gasteiger partial charge in [-0.3, -0.25) is 9.69 Å². The number of amides is 1. The summed E-state index contributed by atoms with van der Waals surface area (Å²) in [5, 5.41) is 22.3. The molecule has 2 N–H and O–H groups in total. The fraction of sp³-hybridized carbons (Fsp3) is 0.0741. The zero-order valence-electron chi connectivity index (χ0n) is 16.7. The number of carbonyl (C=O) groups excluding carboxylic acids is 1. The lowest BCUT2D eigenvalue weighted by atomic mass is 9.87. The molecule has 1 unspecified atom stereocenters. The highest BCUT2D eigenvalue weighted by atomic mass is 16.3. The number of fused-ring (bicyclic) bond motifs is 1. The largest absolute Gasteiger partial charge is 0.508 e. The number of nitrogens with zero attached hydrogens (tertiary/aromatic N) is 1. The van der Waals surface area contributed by atoms with Crippen LogP contribution in [0.2, 0.25) is 0 Å². The molecule has 4 aromatic carbocycles. The number of anilines is 1. The molecule has 1 heterocycles. The Morgan fingerprint density at radius 1 is 0.645 bits per heavy atom. The number of hydrogen-bond acceptors (Lipinski definition) is 3. The molecule has 0 saturated heterocycles. The third-order valence-corrected chi connectivity index (χ3v) is 5.86. The van der Waals surface area contributed by atoms with Gasteiger partial charge in [0.1, 0.15) is 5.75 Å². The zero-order valence-corrected chi connectivity index (χ0v) is 16.7. The molecule has 0 fully saturated rings. The predicted molar refractivity (Wildman–Crippen MR) is 120 cm³/mol. The molecule has 0 aromatic heterocycles. The Kier molecular flexibility index (Phi) is 4.57. The number of aromatic hydroxyl groups is 1. The van der Waals surface area contributed by atoms with Gasteiger partial charge < -0.3 is 10.2 Å². The minimum Gasteiger partial charge on any atom is -0.508 e. The quantitative estimate of drug-likeness (QED) is 0.513. The average Bonchev–Trinajstić information content (AvgIpc) is 3.04. The minimum atomic E-state index is -1.98. The van der Waals surface area contributed by atoms with E-state index < -0.39 is 17.6 Å². The third-order valence-electron chi connectivity index (χ3n) is 5.86. The summed E-state index contributed by atoms with van der Waals surface area (Å²) in [6.07, 6.45) is 0. The first-order valence-corrected chi connectivity index (χ1v) is 10.2. The lowest BCUT2D eigenvalue weighted by Gasteiger charge is -2.31. The summed E-state index contributed by atoms with van der Waals surface area (Å²) in [5.74, 6) is -0.612. The molecule has 4 nitrogen and oxygen atoms in total. The lowest BCUT2D eigenvalue weighted by Crippen LogP contribution is -2.43. The van der Waals surface area contributed by atoms with Gasteiger partial charge in [-0.1, -0.05) is 97.1 Å². The van der Waals surface area contributed by atoms with Gasteiger partial charge in [-0.25, -0.2) is 0 Å². The van der Waals surface area contributed by atoms with Gasteiger partial charge in [-0.2, -0.15) is 0 Å². The molecule has 4 aromatic rings. The van der Waals surface area contributed by atoms with Crippen LogP contribution < -0.4 is 4.90 Å². The number of hydrogen-bond donors (Lipinski definition) is 2. The minimum absolute atomic E-state index is 0.119. The highest BCUT2D eigenvalue weighted by Crippen LogP contribution is 2.50. The molecule has 4 heteroatoms. The van der Waals surface area contributed by atoms with Crippen LogP contribution in [-0.2, 0) is 10.4 Å². The van der Waals surface area contributed by atoms with Crippen molar-refractivity contribution in [3.8, 4) is 5.75 Å². The fourth-order valence-electron chi connectivity index (χ4n) is 4.45. The highest BCUT2D eigenvalue weighted by Gasteiger charge is 2.54. The van der Waals surface area contributed by atoms with Crippen LogP contribution in [0, 0.1) is 0 Å². The van der Waals surface area contributed by atoms with E-state index in [1.807, 2.05) is 72.8 Å². The van der Waals surface area contributed by atoms with Crippen molar-refractivity contribution in [3.63, 3.8) is 0 Å². The molecular formula is C27H21NO3. The summed E-state index contributed by atoms with van der Waals surface area (Å²) in [4.78, 5) is 15.6. The van der Waals surface area contributed by atoms with Crippen molar-refractivity contribution in [3.05, 3.63) is 131 Å². The van der Waals surface area contributed by atoms with E-state index in [1.165, 1.54) is 6.07 Å². The number of phenols is 1. The van der Waals surface area contributed by atoms with E-state index in [-0.39, 0.29) is 11.3 Å². The van der Waals surface area contributed by atoms with E-state index in [0.29, 0.717) is 11.3 Å². The van der Waals surface area contributed by atoms with Gasteiger partial charge in [0, 0.05) is 11.1 Å². The second-order valence-corrected chi connectivity index (χ2v) is 7.64. The molecular weight excluding hydrogens is 386 g/mol. The predicted octanol–water partition coefficient (Wildman–Crippen LogP) is 4.76. The molecule has 0 bridgehead atoms. The molecule has 1 aliphatic rings. The van der Waals surface area contributed by atoms with Crippen molar-refractivity contribution < 1.29 is 15.0 Å². The van der Waals surface area contributed by atoms with Gasteiger partial charge in [0.25, 0.3) is 5.91 Å². The van der Waals surface area contributed by atoms with Crippen LogP contribution in [-0.4, -0.2) is 16.1 Å². The smallest absolute Gasteiger partial charge is 0.269 e. The van der Waals surface area contributed by atoms with Crippen LogP contribution in [0.4, 0.5) is 5.69 Å². The number of rotatable bonds is 4. The summed E-state index contributed by atoms with van der Waals surface area (Å²) in [6.45, 7) is 0. The first kappa shape index (κ1) is 19.1. The second-order valence-electron chi connectivity index (χ2n) is 7.64.